The van der Waals surface area contributed by atoms with Gasteiger partial charge in [0.15, 0.2) is 0 Å². The van der Waals surface area contributed by atoms with Gasteiger partial charge in [-0.1, -0.05) is 19.3 Å². The fourth-order valence-corrected chi connectivity index (χ4v) is 2.95. The highest BCUT2D eigenvalue weighted by atomic mass is 16.2. The standard InChI is InChI=1S/C16H31N3O2/c1-6-19(7-2)13(20)16(11-9-8-10-12-16)18-14(21)17-15(3,4)5/h6-12H2,1-5H3,(H2,17,18,21). The highest BCUT2D eigenvalue weighted by Crippen LogP contribution is 2.30. The third-order valence-corrected chi connectivity index (χ3v) is 4.01. The van der Waals surface area contributed by atoms with Crippen molar-refractivity contribution in [2.45, 2.75) is 77.8 Å². The molecule has 0 unspecified atom stereocenters. The Morgan fingerprint density at radius 2 is 1.57 bits per heavy atom. The Balaban J connectivity index is 2.88. The number of likely N-dealkylation sites (N-methyl/N-ethyl adjacent to an activating group) is 1. The highest BCUT2D eigenvalue weighted by Gasteiger charge is 2.43. The summed E-state index contributed by atoms with van der Waals surface area (Å²) in [5.41, 5.74) is -1.03. The first-order chi connectivity index (χ1) is 9.74. The van der Waals surface area contributed by atoms with Gasteiger partial charge in [0.1, 0.15) is 5.54 Å². The molecule has 0 bridgehead atoms. The number of urea groups is 1. The lowest BCUT2D eigenvalue weighted by molar-refractivity contribution is -0.139. The molecule has 21 heavy (non-hydrogen) atoms. The van der Waals surface area contributed by atoms with Crippen molar-refractivity contribution in [2.75, 3.05) is 13.1 Å². The molecule has 0 aromatic heterocycles. The van der Waals surface area contributed by atoms with Gasteiger partial charge in [-0.15, -0.1) is 0 Å². The predicted molar refractivity (Wildman–Crippen MR) is 85.2 cm³/mol. The number of hydrogen-bond donors (Lipinski definition) is 2. The monoisotopic (exact) mass is 297 g/mol. The average molecular weight is 297 g/mol. The van der Waals surface area contributed by atoms with Gasteiger partial charge in [0, 0.05) is 18.6 Å². The Kier molecular flexibility index (Phi) is 6.05. The Labute approximate surface area is 128 Å². The van der Waals surface area contributed by atoms with Crippen molar-refractivity contribution in [3.63, 3.8) is 0 Å². The smallest absolute Gasteiger partial charge is 0.316 e. The minimum absolute atomic E-state index is 0.0660. The van der Waals surface area contributed by atoms with Crippen LogP contribution in [0.1, 0.15) is 66.7 Å². The van der Waals surface area contributed by atoms with E-state index in [9.17, 15) is 9.59 Å². The normalized spacial score (nSPS) is 18.0. The molecule has 2 N–H and O–H groups in total. The van der Waals surface area contributed by atoms with Crippen LogP contribution < -0.4 is 10.6 Å². The largest absolute Gasteiger partial charge is 0.341 e. The summed E-state index contributed by atoms with van der Waals surface area (Å²) in [6.07, 6.45) is 4.58. The van der Waals surface area contributed by atoms with Crippen molar-refractivity contribution in [1.29, 1.82) is 0 Å². The second-order valence-electron chi connectivity index (χ2n) is 6.95. The second-order valence-corrected chi connectivity index (χ2v) is 6.95. The first-order valence-corrected chi connectivity index (χ1v) is 8.14. The molecule has 1 aliphatic rings. The van der Waals surface area contributed by atoms with Crippen molar-refractivity contribution in [3.05, 3.63) is 0 Å². The van der Waals surface area contributed by atoms with Gasteiger partial charge in [-0.05, 0) is 47.5 Å². The van der Waals surface area contributed by atoms with E-state index in [1.165, 1.54) is 0 Å². The maximum absolute atomic E-state index is 12.9. The molecule has 122 valence electrons. The SMILES string of the molecule is CCN(CC)C(=O)C1(NC(=O)NC(C)(C)C)CCCCC1. The van der Waals surface area contributed by atoms with Gasteiger partial charge in [0.25, 0.3) is 0 Å². The van der Waals surface area contributed by atoms with E-state index in [-0.39, 0.29) is 17.5 Å². The van der Waals surface area contributed by atoms with E-state index in [0.29, 0.717) is 13.1 Å². The summed E-state index contributed by atoms with van der Waals surface area (Å²) in [7, 11) is 0. The first kappa shape index (κ1) is 17.8. The summed E-state index contributed by atoms with van der Waals surface area (Å²) in [4.78, 5) is 26.9. The fourth-order valence-electron chi connectivity index (χ4n) is 2.95. The molecule has 1 fully saturated rings. The summed E-state index contributed by atoms with van der Waals surface area (Å²) in [5, 5.41) is 5.90. The molecule has 0 heterocycles. The van der Waals surface area contributed by atoms with Crippen LogP contribution in [0.25, 0.3) is 0 Å². The molecule has 0 aromatic carbocycles. The minimum Gasteiger partial charge on any atom is -0.341 e. The molecule has 1 rings (SSSR count). The maximum Gasteiger partial charge on any atom is 0.316 e. The summed E-state index contributed by atoms with van der Waals surface area (Å²) in [5.74, 6) is 0.0660. The summed E-state index contributed by atoms with van der Waals surface area (Å²) in [6, 6.07) is -0.245. The van der Waals surface area contributed by atoms with Gasteiger partial charge in [-0.3, -0.25) is 4.79 Å². The van der Waals surface area contributed by atoms with Crippen LogP contribution in [0.5, 0.6) is 0 Å². The van der Waals surface area contributed by atoms with E-state index >= 15 is 0 Å². The lowest BCUT2D eigenvalue weighted by atomic mass is 9.80. The molecular weight excluding hydrogens is 266 g/mol. The Hall–Kier alpha value is -1.26. The number of carbonyl (C=O) groups is 2. The van der Waals surface area contributed by atoms with Gasteiger partial charge < -0.3 is 15.5 Å². The quantitative estimate of drug-likeness (QED) is 0.838. The predicted octanol–water partition coefficient (Wildman–Crippen LogP) is 2.66. The zero-order valence-corrected chi connectivity index (χ0v) is 14.2. The Morgan fingerprint density at radius 1 is 1.05 bits per heavy atom. The Morgan fingerprint density at radius 3 is 2.00 bits per heavy atom. The lowest BCUT2D eigenvalue weighted by Crippen LogP contribution is -2.63. The molecule has 0 saturated heterocycles. The van der Waals surface area contributed by atoms with E-state index in [0.717, 1.165) is 32.1 Å². The number of nitrogens with zero attached hydrogens (tertiary/aromatic N) is 1. The van der Waals surface area contributed by atoms with Crippen LogP contribution in [-0.2, 0) is 4.79 Å². The van der Waals surface area contributed by atoms with E-state index < -0.39 is 5.54 Å². The molecular formula is C16H31N3O2. The third kappa shape index (κ3) is 4.90. The van der Waals surface area contributed by atoms with Gasteiger partial charge in [-0.2, -0.15) is 0 Å². The number of carbonyl (C=O) groups excluding carboxylic acids is 2. The summed E-state index contributed by atoms with van der Waals surface area (Å²) >= 11 is 0. The average Bonchev–Trinajstić information content (AvgIpc) is 2.38. The van der Waals surface area contributed by atoms with Crippen LogP contribution in [0.3, 0.4) is 0 Å². The highest BCUT2D eigenvalue weighted by molar-refractivity contribution is 5.91. The Bertz CT molecular complexity index is 364. The molecule has 0 radical (unpaired) electrons. The number of nitrogens with one attached hydrogen (secondary N) is 2. The molecule has 0 aliphatic heterocycles. The maximum atomic E-state index is 12.9. The molecule has 0 spiro atoms. The number of amides is 3. The topological polar surface area (TPSA) is 61.4 Å². The number of rotatable bonds is 4. The first-order valence-electron chi connectivity index (χ1n) is 8.14. The summed E-state index contributed by atoms with van der Waals surface area (Å²) < 4.78 is 0. The van der Waals surface area contributed by atoms with Crippen LogP contribution in [-0.4, -0.2) is 41.0 Å². The van der Waals surface area contributed by atoms with Crippen molar-refractivity contribution in [2.24, 2.45) is 0 Å². The van der Waals surface area contributed by atoms with Crippen molar-refractivity contribution < 1.29 is 9.59 Å². The molecule has 0 aromatic rings. The molecule has 0 atom stereocenters. The van der Waals surface area contributed by atoms with Crippen LogP contribution in [0, 0.1) is 0 Å². The van der Waals surface area contributed by atoms with Gasteiger partial charge >= 0.3 is 6.03 Å². The van der Waals surface area contributed by atoms with Crippen LogP contribution in [0.4, 0.5) is 4.79 Å². The summed E-state index contributed by atoms with van der Waals surface area (Å²) in [6.45, 7) is 11.1. The van der Waals surface area contributed by atoms with Crippen molar-refractivity contribution >= 4 is 11.9 Å². The van der Waals surface area contributed by atoms with Crippen LogP contribution >= 0.6 is 0 Å². The zero-order chi connectivity index (χ0) is 16.1. The molecule has 1 saturated carbocycles. The van der Waals surface area contributed by atoms with Gasteiger partial charge in [-0.25, -0.2) is 4.79 Å². The lowest BCUT2D eigenvalue weighted by Gasteiger charge is -2.40. The van der Waals surface area contributed by atoms with E-state index in [1.54, 1.807) is 0 Å². The van der Waals surface area contributed by atoms with E-state index in [2.05, 4.69) is 10.6 Å². The molecule has 3 amide bonds. The molecule has 5 heteroatoms. The van der Waals surface area contributed by atoms with Crippen molar-refractivity contribution in [3.8, 4) is 0 Å². The van der Waals surface area contributed by atoms with Gasteiger partial charge in [0.2, 0.25) is 5.91 Å². The van der Waals surface area contributed by atoms with Crippen LogP contribution in [0.2, 0.25) is 0 Å². The van der Waals surface area contributed by atoms with E-state index in [4.69, 9.17) is 0 Å². The molecule has 1 aliphatic carbocycles. The second kappa shape index (κ2) is 7.14. The van der Waals surface area contributed by atoms with E-state index in [1.807, 2.05) is 39.5 Å². The zero-order valence-electron chi connectivity index (χ0n) is 14.2. The van der Waals surface area contributed by atoms with Gasteiger partial charge in [0.05, 0.1) is 0 Å². The third-order valence-electron chi connectivity index (χ3n) is 4.01. The molecule has 5 nitrogen and oxygen atoms in total. The number of hydrogen-bond acceptors (Lipinski definition) is 2. The van der Waals surface area contributed by atoms with Crippen LogP contribution in [0.15, 0.2) is 0 Å². The van der Waals surface area contributed by atoms with Crippen molar-refractivity contribution in [1.82, 2.24) is 15.5 Å². The minimum atomic E-state index is -0.723. The fraction of sp³-hybridized carbons (Fsp3) is 0.875.